The Bertz CT molecular complexity index is 532. The molecule has 0 bridgehead atoms. The molecule has 1 aromatic carbocycles. The van der Waals surface area contributed by atoms with E-state index in [1.165, 1.54) is 12.8 Å². The molecular formula is C21H32O5. The van der Waals surface area contributed by atoms with Crippen LogP contribution in [0, 0.1) is 0 Å². The van der Waals surface area contributed by atoms with Gasteiger partial charge in [-0.25, -0.2) is 4.79 Å². The first-order valence-electron chi connectivity index (χ1n) is 9.86. The fourth-order valence-corrected chi connectivity index (χ4v) is 3.23. The van der Waals surface area contributed by atoms with Gasteiger partial charge in [-0.05, 0) is 56.2 Å². The minimum absolute atomic E-state index is 0.180. The van der Waals surface area contributed by atoms with Crippen LogP contribution in [0.15, 0.2) is 24.3 Å². The van der Waals surface area contributed by atoms with Gasteiger partial charge < -0.3 is 19.3 Å². The molecule has 1 N–H and O–H groups in total. The van der Waals surface area contributed by atoms with Crippen molar-refractivity contribution in [2.75, 3.05) is 13.2 Å². The summed E-state index contributed by atoms with van der Waals surface area (Å²) < 4.78 is 16.0. The lowest BCUT2D eigenvalue weighted by Crippen LogP contribution is -2.35. The van der Waals surface area contributed by atoms with Crippen molar-refractivity contribution >= 4 is 6.16 Å². The lowest BCUT2D eigenvalue weighted by Gasteiger charge is -2.36. The summed E-state index contributed by atoms with van der Waals surface area (Å²) in [6, 6.07) is 7.71. The van der Waals surface area contributed by atoms with Gasteiger partial charge in [-0.2, -0.15) is 0 Å². The van der Waals surface area contributed by atoms with Crippen LogP contribution in [0.2, 0.25) is 0 Å². The lowest BCUT2D eigenvalue weighted by atomic mass is 9.78. The summed E-state index contributed by atoms with van der Waals surface area (Å²) in [7, 11) is 0. The average Bonchev–Trinajstić information content (AvgIpc) is 2.66. The number of aliphatic hydroxyl groups is 1. The highest BCUT2D eigenvalue weighted by molar-refractivity contribution is 5.60. The SMILES string of the molecule is CCCCCOc1ccc(C2(O)CCC(OC(=O)OCCC)CC2)cc1. The lowest BCUT2D eigenvalue weighted by molar-refractivity contribution is -0.0536. The second kappa shape index (κ2) is 10.4. The first-order valence-corrected chi connectivity index (χ1v) is 9.86. The van der Waals surface area contributed by atoms with Gasteiger partial charge in [0.15, 0.2) is 0 Å². The number of benzene rings is 1. The minimum Gasteiger partial charge on any atom is -0.494 e. The molecule has 26 heavy (non-hydrogen) atoms. The van der Waals surface area contributed by atoms with Gasteiger partial charge in [-0.15, -0.1) is 0 Å². The van der Waals surface area contributed by atoms with Gasteiger partial charge in [0.1, 0.15) is 11.9 Å². The third-order valence-electron chi connectivity index (χ3n) is 4.85. The standard InChI is InChI=1S/C21H32O5/c1-3-5-6-16-24-18-9-7-17(8-10-18)21(23)13-11-19(12-14-21)26-20(22)25-15-4-2/h7-10,19,23H,3-6,11-16H2,1-2H3. The molecule has 0 unspecified atom stereocenters. The van der Waals surface area contributed by atoms with Crippen molar-refractivity contribution in [1.82, 2.24) is 0 Å². The second-order valence-electron chi connectivity index (χ2n) is 7.03. The van der Waals surface area contributed by atoms with Crippen LogP contribution in [0.5, 0.6) is 5.75 Å². The number of hydrogen-bond donors (Lipinski definition) is 1. The molecule has 0 amide bonds. The zero-order chi connectivity index (χ0) is 18.8. The number of carbonyl (C=O) groups is 1. The molecular weight excluding hydrogens is 332 g/mol. The van der Waals surface area contributed by atoms with Crippen molar-refractivity contribution in [2.24, 2.45) is 0 Å². The summed E-state index contributed by atoms with van der Waals surface area (Å²) in [5.41, 5.74) is 0.0268. The van der Waals surface area contributed by atoms with E-state index in [1.807, 2.05) is 31.2 Å². The molecule has 1 aliphatic rings. The van der Waals surface area contributed by atoms with Crippen molar-refractivity contribution in [3.05, 3.63) is 29.8 Å². The van der Waals surface area contributed by atoms with Crippen LogP contribution < -0.4 is 4.74 Å². The molecule has 1 saturated carbocycles. The molecule has 0 aliphatic heterocycles. The fourth-order valence-electron chi connectivity index (χ4n) is 3.23. The molecule has 5 heteroatoms. The van der Waals surface area contributed by atoms with E-state index in [4.69, 9.17) is 14.2 Å². The molecule has 0 radical (unpaired) electrons. The van der Waals surface area contributed by atoms with E-state index < -0.39 is 11.8 Å². The summed E-state index contributed by atoms with van der Waals surface area (Å²) in [4.78, 5) is 11.5. The normalized spacial score (nSPS) is 22.7. The first-order chi connectivity index (χ1) is 12.6. The van der Waals surface area contributed by atoms with E-state index in [2.05, 4.69) is 6.92 Å². The molecule has 0 aromatic heterocycles. The molecule has 0 heterocycles. The van der Waals surface area contributed by atoms with E-state index in [0.29, 0.717) is 32.3 Å². The van der Waals surface area contributed by atoms with Gasteiger partial charge in [0.05, 0.1) is 18.8 Å². The van der Waals surface area contributed by atoms with Gasteiger partial charge in [0.25, 0.3) is 0 Å². The Morgan fingerprint density at radius 3 is 2.38 bits per heavy atom. The highest BCUT2D eigenvalue weighted by Crippen LogP contribution is 2.38. The van der Waals surface area contributed by atoms with E-state index in [1.54, 1.807) is 0 Å². The molecule has 0 atom stereocenters. The van der Waals surface area contributed by atoms with Gasteiger partial charge in [0, 0.05) is 0 Å². The smallest absolute Gasteiger partial charge is 0.494 e. The quantitative estimate of drug-likeness (QED) is 0.496. The van der Waals surface area contributed by atoms with Crippen molar-refractivity contribution < 1.29 is 24.1 Å². The maximum Gasteiger partial charge on any atom is 0.508 e. The maximum absolute atomic E-state index is 11.5. The summed E-state index contributed by atoms with van der Waals surface area (Å²) in [6.45, 7) is 5.21. The predicted octanol–water partition coefficient (Wildman–Crippen LogP) is 4.95. The zero-order valence-corrected chi connectivity index (χ0v) is 16.0. The maximum atomic E-state index is 11.5. The third kappa shape index (κ3) is 6.20. The van der Waals surface area contributed by atoms with E-state index >= 15 is 0 Å². The number of carbonyl (C=O) groups excluding carboxylic acids is 1. The molecule has 2 rings (SSSR count). The van der Waals surface area contributed by atoms with Crippen LogP contribution in [-0.4, -0.2) is 30.6 Å². The molecule has 1 fully saturated rings. The Morgan fingerprint density at radius 1 is 1.08 bits per heavy atom. The molecule has 0 spiro atoms. The summed E-state index contributed by atoms with van der Waals surface area (Å²) in [5.74, 6) is 0.837. The molecule has 0 saturated heterocycles. The third-order valence-corrected chi connectivity index (χ3v) is 4.85. The second-order valence-corrected chi connectivity index (χ2v) is 7.03. The fraction of sp³-hybridized carbons (Fsp3) is 0.667. The average molecular weight is 364 g/mol. The molecule has 1 aliphatic carbocycles. The van der Waals surface area contributed by atoms with Crippen LogP contribution in [-0.2, 0) is 15.1 Å². The van der Waals surface area contributed by atoms with Crippen LogP contribution in [0.4, 0.5) is 4.79 Å². The van der Waals surface area contributed by atoms with Crippen molar-refractivity contribution in [1.29, 1.82) is 0 Å². The largest absolute Gasteiger partial charge is 0.508 e. The topological polar surface area (TPSA) is 65.0 Å². The Morgan fingerprint density at radius 2 is 1.77 bits per heavy atom. The Kier molecular flexibility index (Phi) is 8.23. The van der Waals surface area contributed by atoms with Crippen LogP contribution >= 0.6 is 0 Å². The number of ether oxygens (including phenoxy) is 3. The molecule has 5 nitrogen and oxygen atoms in total. The van der Waals surface area contributed by atoms with E-state index in [-0.39, 0.29) is 6.10 Å². The van der Waals surface area contributed by atoms with Crippen molar-refractivity contribution in [3.63, 3.8) is 0 Å². The van der Waals surface area contributed by atoms with Crippen LogP contribution in [0.25, 0.3) is 0 Å². The molecule has 146 valence electrons. The Balaban J connectivity index is 1.81. The van der Waals surface area contributed by atoms with E-state index in [0.717, 1.165) is 30.8 Å². The number of unbranched alkanes of at least 4 members (excludes halogenated alkanes) is 2. The Hall–Kier alpha value is -1.75. The van der Waals surface area contributed by atoms with Crippen LogP contribution in [0.1, 0.15) is 70.8 Å². The first kappa shape index (κ1) is 20.6. The zero-order valence-electron chi connectivity index (χ0n) is 16.0. The highest BCUT2D eigenvalue weighted by atomic mass is 16.7. The van der Waals surface area contributed by atoms with E-state index in [9.17, 15) is 9.90 Å². The van der Waals surface area contributed by atoms with Gasteiger partial charge in [0.2, 0.25) is 0 Å². The summed E-state index contributed by atoms with van der Waals surface area (Å²) in [6.07, 6.45) is 5.80. The summed E-state index contributed by atoms with van der Waals surface area (Å²) >= 11 is 0. The highest BCUT2D eigenvalue weighted by Gasteiger charge is 2.36. The van der Waals surface area contributed by atoms with Crippen LogP contribution in [0.3, 0.4) is 0 Å². The van der Waals surface area contributed by atoms with Gasteiger partial charge >= 0.3 is 6.16 Å². The number of hydrogen-bond acceptors (Lipinski definition) is 5. The predicted molar refractivity (Wildman–Crippen MR) is 100 cm³/mol. The van der Waals surface area contributed by atoms with Gasteiger partial charge in [-0.3, -0.25) is 0 Å². The van der Waals surface area contributed by atoms with Crippen molar-refractivity contribution in [3.8, 4) is 5.75 Å². The minimum atomic E-state index is -0.867. The summed E-state index contributed by atoms with van der Waals surface area (Å²) in [5, 5.41) is 11.0. The van der Waals surface area contributed by atoms with Gasteiger partial charge in [-0.1, -0.05) is 38.8 Å². The van der Waals surface area contributed by atoms with Crippen molar-refractivity contribution in [2.45, 2.75) is 76.9 Å². The number of rotatable bonds is 9. The Labute approximate surface area is 156 Å². The monoisotopic (exact) mass is 364 g/mol. The molecule has 1 aromatic rings.